The highest BCUT2D eigenvalue weighted by Gasteiger charge is 2.26. The Morgan fingerprint density at radius 2 is 2.21 bits per heavy atom. The fraction of sp³-hybridized carbons (Fsp3) is 0.933. The average molecular weight is 268 g/mol. The molecule has 19 heavy (non-hydrogen) atoms. The lowest BCUT2D eigenvalue weighted by atomic mass is 9.97. The number of rotatable bonds is 5. The zero-order chi connectivity index (χ0) is 13.7. The van der Waals surface area contributed by atoms with E-state index in [1.54, 1.807) is 0 Å². The number of amides is 1. The van der Waals surface area contributed by atoms with Gasteiger partial charge >= 0.3 is 0 Å². The number of likely N-dealkylation sites (tertiary alicyclic amines) is 1. The van der Waals surface area contributed by atoms with Gasteiger partial charge in [-0.1, -0.05) is 0 Å². The summed E-state index contributed by atoms with van der Waals surface area (Å²) in [4.78, 5) is 14.3. The van der Waals surface area contributed by atoms with Gasteiger partial charge in [-0.05, 0) is 58.5 Å². The van der Waals surface area contributed by atoms with E-state index < -0.39 is 0 Å². The monoisotopic (exact) mass is 268 g/mol. The van der Waals surface area contributed by atoms with Crippen molar-refractivity contribution in [1.82, 2.24) is 10.2 Å². The third kappa shape index (κ3) is 4.46. The fourth-order valence-corrected chi connectivity index (χ4v) is 3.29. The van der Waals surface area contributed by atoms with Crippen molar-refractivity contribution in [3.63, 3.8) is 0 Å². The van der Waals surface area contributed by atoms with Crippen LogP contribution in [0.3, 0.4) is 0 Å². The largest absolute Gasteiger partial charge is 0.375 e. The van der Waals surface area contributed by atoms with Crippen LogP contribution in [-0.2, 0) is 9.53 Å². The van der Waals surface area contributed by atoms with Gasteiger partial charge in [0.1, 0.15) is 0 Å². The number of nitrogens with one attached hydrogen (secondary N) is 1. The van der Waals surface area contributed by atoms with E-state index in [4.69, 9.17) is 4.74 Å². The minimum absolute atomic E-state index is 0.317. The van der Waals surface area contributed by atoms with Gasteiger partial charge in [0.15, 0.2) is 0 Å². The van der Waals surface area contributed by atoms with Crippen molar-refractivity contribution in [3.8, 4) is 0 Å². The van der Waals surface area contributed by atoms with Crippen LogP contribution in [0.2, 0.25) is 0 Å². The van der Waals surface area contributed by atoms with Gasteiger partial charge in [-0.3, -0.25) is 4.79 Å². The summed E-state index contributed by atoms with van der Waals surface area (Å²) in [5.41, 5.74) is 0. The predicted molar refractivity (Wildman–Crippen MR) is 76.0 cm³/mol. The van der Waals surface area contributed by atoms with Crippen LogP contribution in [0.5, 0.6) is 0 Å². The molecule has 0 saturated carbocycles. The van der Waals surface area contributed by atoms with Crippen LogP contribution in [0.25, 0.3) is 0 Å². The van der Waals surface area contributed by atoms with Crippen molar-refractivity contribution < 1.29 is 9.53 Å². The van der Waals surface area contributed by atoms with Gasteiger partial charge in [-0.15, -0.1) is 0 Å². The lowest BCUT2D eigenvalue weighted by molar-refractivity contribution is -0.133. The summed E-state index contributed by atoms with van der Waals surface area (Å²) in [6, 6.07) is 0. The standard InChI is InChI=1S/C15H28N2O2/c1-12-5-6-14(19-12)7-8-15(18)17-9-3-4-13(11-17)10-16-2/h12-14,16H,3-11H2,1-2H3. The molecule has 0 aromatic carbocycles. The Bertz CT molecular complexity index is 294. The minimum Gasteiger partial charge on any atom is -0.375 e. The van der Waals surface area contributed by atoms with Crippen LogP contribution in [-0.4, -0.2) is 49.7 Å². The molecule has 2 aliphatic heterocycles. The van der Waals surface area contributed by atoms with E-state index in [2.05, 4.69) is 17.1 Å². The van der Waals surface area contributed by atoms with Gasteiger partial charge in [0.25, 0.3) is 0 Å². The normalized spacial score (nSPS) is 31.7. The molecule has 0 aromatic heterocycles. The highest BCUT2D eigenvalue weighted by Crippen LogP contribution is 2.23. The highest BCUT2D eigenvalue weighted by atomic mass is 16.5. The van der Waals surface area contributed by atoms with Crippen molar-refractivity contribution in [3.05, 3.63) is 0 Å². The molecule has 0 bridgehead atoms. The molecular formula is C15H28N2O2. The Kier molecular flexibility index (Phi) is 5.64. The van der Waals surface area contributed by atoms with Gasteiger partial charge < -0.3 is 15.0 Å². The summed E-state index contributed by atoms with van der Waals surface area (Å²) >= 11 is 0. The van der Waals surface area contributed by atoms with Crippen molar-refractivity contribution in [2.75, 3.05) is 26.7 Å². The second-order valence-electron chi connectivity index (χ2n) is 6.09. The quantitative estimate of drug-likeness (QED) is 0.826. The molecule has 2 heterocycles. The van der Waals surface area contributed by atoms with E-state index in [1.165, 1.54) is 6.42 Å². The molecule has 3 atom stereocenters. The Morgan fingerprint density at radius 1 is 1.37 bits per heavy atom. The summed E-state index contributed by atoms with van der Waals surface area (Å²) in [5.74, 6) is 0.953. The third-order valence-electron chi connectivity index (χ3n) is 4.36. The molecule has 2 saturated heterocycles. The molecule has 1 amide bonds. The maximum absolute atomic E-state index is 12.2. The van der Waals surface area contributed by atoms with Crippen LogP contribution in [0.1, 0.15) is 45.4 Å². The summed E-state index contributed by atoms with van der Waals surface area (Å²) < 4.78 is 5.78. The van der Waals surface area contributed by atoms with Crippen molar-refractivity contribution >= 4 is 5.91 Å². The first kappa shape index (κ1) is 14.8. The zero-order valence-corrected chi connectivity index (χ0v) is 12.4. The Morgan fingerprint density at radius 3 is 2.89 bits per heavy atom. The van der Waals surface area contributed by atoms with E-state index in [0.29, 0.717) is 30.5 Å². The molecule has 0 radical (unpaired) electrons. The van der Waals surface area contributed by atoms with Crippen LogP contribution < -0.4 is 5.32 Å². The molecule has 0 aromatic rings. The zero-order valence-electron chi connectivity index (χ0n) is 12.4. The highest BCUT2D eigenvalue weighted by molar-refractivity contribution is 5.76. The van der Waals surface area contributed by atoms with Crippen LogP contribution in [0.4, 0.5) is 0 Å². The molecule has 2 aliphatic rings. The van der Waals surface area contributed by atoms with Gasteiger partial charge in [-0.2, -0.15) is 0 Å². The fourth-order valence-electron chi connectivity index (χ4n) is 3.29. The van der Waals surface area contributed by atoms with Gasteiger partial charge in [0.2, 0.25) is 5.91 Å². The van der Waals surface area contributed by atoms with Crippen molar-refractivity contribution in [1.29, 1.82) is 0 Å². The molecule has 1 N–H and O–H groups in total. The predicted octanol–water partition coefficient (Wildman–Crippen LogP) is 1.79. The molecule has 2 fully saturated rings. The number of carbonyl (C=O) groups excluding carboxylic acids is 1. The molecule has 110 valence electrons. The van der Waals surface area contributed by atoms with Gasteiger partial charge in [0.05, 0.1) is 12.2 Å². The summed E-state index contributed by atoms with van der Waals surface area (Å²) in [5, 5.41) is 3.22. The van der Waals surface area contributed by atoms with E-state index >= 15 is 0 Å². The number of carbonyl (C=O) groups is 1. The number of ether oxygens (including phenoxy) is 1. The van der Waals surface area contributed by atoms with Crippen LogP contribution >= 0.6 is 0 Å². The van der Waals surface area contributed by atoms with E-state index in [1.807, 2.05) is 7.05 Å². The van der Waals surface area contributed by atoms with Crippen LogP contribution in [0, 0.1) is 5.92 Å². The molecule has 3 unspecified atom stereocenters. The van der Waals surface area contributed by atoms with Crippen molar-refractivity contribution in [2.45, 2.75) is 57.7 Å². The van der Waals surface area contributed by atoms with Gasteiger partial charge in [-0.25, -0.2) is 0 Å². The second-order valence-corrected chi connectivity index (χ2v) is 6.09. The Hall–Kier alpha value is -0.610. The van der Waals surface area contributed by atoms with E-state index in [0.717, 1.165) is 45.3 Å². The molecule has 4 heteroatoms. The molecule has 0 spiro atoms. The second kappa shape index (κ2) is 7.25. The summed E-state index contributed by atoms with van der Waals surface area (Å²) in [7, 11) is 1.99. The Balaban J connectivity index is 1.70. The maximum Gasteiger partial charge on any atom is 0.222 e. The summed E-state index contributed by atoms with van der Waals surface area (Å²) in [6.45, 7) is 5.02. The number of hydrogen-bond acceptors (Lipinski definition) is 3. The lowest BCUT2D eigenvalue weighted by Crippen LogP contribution is -2.42. The SMILES string of the molecule is CNCC1CCCN(C(=O)CCC2CCC(C)O2)C1. The first-order chi connectivity index (χ1) is 9.19. The van der Waals surface area contributed by atoms with E-state index in [9.17, 15) is 4.79 Å². The third-order valence-corrected chi connectivity index (χ3v) is 4.36. The minimum atomic E-state index is 0.317. The first-order valence-electron chi connectivity index (χ1n) is 7.77. The number of hydrogen-bond donors (Lipinski definition) is 1. The van der Waals surface area contributed by atoms with Crippen LogP contribution in [0.15, 0.2) is 0 Å². The smallest absolute Gasteiger partial charge is 0.222 e. The number of nitrogens with zero attached hydrogens (tertiary/aromatic N) is 1. The topological polar surface area (TPSA) is 41.6 Å². The maximum atomic E-state index is 12.2. The molecule has 4 nitrogen and oxygen atoms in total. The molecular weight excluding hydrogens is 240 g/mol. The molecule has 2 rings (SSSR count). The summed E-state index contributed by atoms with van der Waals surface area (Å²) in [6.07, 6.45) is 6.92. The molecule has 0 aliphatic carbocycles. The lowest BCUT2D eigenvalue weighted by Gasteiger charge is -2.33. The van der Waals surface area contributed by atoms with Gasteiger partial charge in [0, 0.05) is 19.5 Å². The average Bonchev–Trinajstić information content (AvgIpc) is 2.82. The number of piperidine rings is 1. The van der Waals surface area contributed by atoms with Crippen molar-refractivity contribution in [2.24, 2.45) is 5.92 Å². The first-order valence-corrected chi connectivity index (χ1v) is 7.77. The van der Waals surface area contributed by atoms with E-state index in [-0.39, 0.29) is 0 Å². The Labute approximate surface area is 116 Å².